The lowest BCUT2D eigenvalue weighted by molar-refractivity contribution is -0.384. The van der Waals surface area contributed by atoms with E-state index in [-0.39, 0.29) is 10.6 Å². The fraction of sp³-hybridized carbons (Fsp3) is 0.600. The van der Waals surface area contributed by atoms with Crippen LogP contribution in [0.4, 0.5) is 5.69 Å². The summed E-state index contributed by atoms with van der Waals surface area (Å²) in [6, 6.07) is 7.45. The molecule has 19 heavy (non-hydrogen) atoms. The lowest BCUT2D eigenvalue weighted by atomic mass is 9.81. The summed E-state index contributed by atoms with van der Waals surface area (Å²) in [5.41, 5.74) is 1.35. The van der Waals surface area contributed by atoms with Crippen molar-refractivity contribution in [2.45, 2.75) is 44.6 Å². The Bertz CT molecular complexity index is 411. The van der Waals surface area contributed by atoms with Crippen LogP contribution in [0.15, 0.2) is 24.3 Å². The van der Waals surface area contributed by atoms with Gasteiger partial charge in [-0.2, -0.15) is 0 Å². The number of hydrogen-bond donors (Lipinski definition) is 1. The van der Waals surface area contributed by atoms with Crippen LogP contribution in [0.5, 0.6) is 0 Å². The van der Waals surface area contributed by atoms with E-state index in [0.717, 1.165) is 12.3 Å². The maximum Gasteiger partial charge on any atom is 0.269 e. The van der Waals surface area contributed by atoms with Crippen molar-refractivity contribution in [2.75, 3.05) is 7.05 Å². The molecule has 0 aliphatic heterocycles. The maximum atomic E-state index is 10.6. The van der Waals surface area contributed by atoms with Crippen LogP contribution in [0.25, 0.3) is 0 Å². The topological polar surface area (TPSA) is 55.2 Å². The van der Waals surface area contributed by atoms with Gasteiger partial charge >= 0.3 is 0 Å². The van der Waals surface area contributed by atoms with Gasteiger partial charge in [-0.05, 0) is 37.8 Å². The van der Waals surface area contributed by atoms with E-state index in [1.54, 1.807) is 12.1 Å². The summed E-state index contributed by atoms with van der Waals surface area (Å²) in [5, 5.41) is 14.1. The van der Waals surface area contributed by atoms with Crippen molar-refractivity contribution in [1.29, 1.82) is 0 Å². The van der Waals surface area contributed by atoms with Crippen LogP contribution >= 0.6 is 0 Å². The SMILES string of the molecule is CNC(Cc1ccc([N+](=O)[O-])cc1)C1CCCCC1. The first kappa shape index (κ1) is 14.0. The second-order valence-electron chi connectivity index (χ2n) is 5.42. The van der Waals surface area contributed by atoms with Crippen molar-refractivity contribution in [3.05, 3.63) is 39.9 Å². The van der Waals surface area contributed by atoms with E-state index in [1.807, 2.05) is 19.2 Å². The van der Waals surface area contributed by atoms with Crippen molar-refractivity contribution in [2.24, 2.45) is 5.92 Å². The Labute approximate surface area is 114 Å². The van der Waals surface area contributed by atoms with Crippen molar-refractivity contribution in [1.82, 2.24) is 5.32 Å². The fourth-order valence-electron chi connectivity index (χ4n) is 3.05. The summed E-state index contributed by atoms with van der Waals surface area (Å²) in [5.74, 6) is 0.744. The third-order valence-corrected chi connectivity index (χ3v) is 4.19. The molecule has 1 N–H and O–H groups in total. The molecule has 0 bridgehead atoms. The van der Waals surface area contributed by atoms with Crippen molar-refractivity contribution < 1.29 is 4.92 Å². The summed E-state index contributed by atoms with van der Waals surface area (Å²) >= 11 is 0. The van der Waals surface area contributed by atoms with E-state index in [0.29, 0.717) is 6.04 Å². The molecule has 0 saturated heterocycles. The molecule has 0 heterocycles. The molecule has 1 aromatic rings. The first-order chi connectivity index (χ1) is 9.20. The molecule has 1 fully saturated rings. The van der Waals surface area contributed by atoms with Crippen molar-refractivity contribution in [3.63, 3.8) is 0 Å². The fourth-order valence-corrected chi connectivity index (χ4v) is 3.05. The van der Waals surface area contributed by atoms with Crippen LogP contribution in [0.1, 0.15) is 37.7 Å². The van der Waals surface area contributed by atoms with Gasteiger partial charge in [0, 0.05) is 18.2 Å². The summed E-state index contributed by atoms with van der Waals surface area (Å²) in [6.45, 7) is 0. The average molecular weight is 262 g/mol. The Balaban J connectivity index is 1.99. The summed E-state index contributed by atoms with van der Waals surface area (Å²) < 4.78 is 0. The Morgan fingerprint density at radius 2 is 1.89 bits per heavy atom. The molecule has 4 nitrogen and oxygen atoms in total. The van der Waals surface area contributed by atoms with Crippen molar-refractivity contribution in [3.8, 4) is 0 Å². The van der Waals surface area contributed by atoms with Gasteiger partial charge in [0.1, 0.15) is 0 Å². The number of non-ortho nitro benzene ring substituents is 1. The Morgan fingerprint density at radius 3 is 2.42 bits per heavy atom. The largest absolute Gasteiger partial charge is 0.316 e. The molecule has 1 atom stereocenters. The Kier molecular flexibility index (Phi) is 4.91. The molecule has 0 aromatic heterocycles. The maximum absolute atomic E-state index is 10.6. The molecule has 4 heteroatoms. The van der Waals surface area contributed by atoms with Crippen molar-refractivity contribution >= 4 is 5.69 Å². The molecular weight excluding hydrogens is 240 g/mol. The lowest BCUT2D eigenvalue weighted by Crippen LogP contribution is -2.36. The van der Waals surface area contributed by atoms with Crippen LogP contribution in [0.2, 0.25) is 0 Å². The third kappa shape index (κ3) is 3.77. The number of rotatable bonds is 5. The second kappa shape index (κ2) is 6.66. The smallest absolute Gasteiger partial charge is 0.269 e. The highest BCUT2D eigenvalue weighted by Crippen LogP contribution is 2.28. The lowest BCUT2D eigenvalue weighted by Gasteiger charge is -2.30. The van der Waals surface area contributed by atoms with Gasteiger partial charge in [0.25, 0.3) is 5.69 Å². The normalized spacial score (nSPS) is 18.2. The van der Waals surface area contributed by atoms with Gasteiger partial charge < -0.3 is 5.32 Å². The molecule has 1 saturated carbocycles. The highest BCUT2D eigenvalue weighted by atomic mass is 16.6. The zero-order valence-corrected chi connectivity index (χ0v) is 11.5. The minimum atomic E-state index is -0.347. The summed E-state index contributed by atoms with van der Waals surface area (Å²) in [6.07, 6.45) is 7.60. The molecule has 1 aliphatic rings. The zero-order chi connectivity index (χ0) is 13.7. The Morgan fingerprint density at radius 1 is 1.26 bits per heavy atom. The summed E-state index contributed by atoms with van der Waals surface area (Å²) in [7, 11) is 2.02. The van der Waals surface area contributed by atoms with E-state index >= 15 is 0 Å². The number of nitro benzene ring substituents is 1. The van der Waals surface area contributed by atoms with Crippen LogP contribution < -0.4 is 5.32 Å². The molecule has 1 unspecified atom stereocenters. The third-order valence-electron chi connectivity index (χ3n) is 4.19. The standard InChI is InChI=1S/C15H22N2O2/c1-16-15(13-5-3-2-4-6-13)11-12-7-9-14(10-8-12)17(18)19/h7-10,13,15-16H,2-6,11H2,1H3. The molecule has 0 spiro atoms. The highest BCUT2D eigenvalue weighted by Gasteiger charge is 2.22. The van der Waals surface area contributed by atoms with E-state index in [2.05, 4.69) is 5.32 Å². The number of hydrogen-bond acceptors (Lipinski definition) is 3. The minimum absolute atomic E-state index is 0.169. The minimum Gasteiger partial charge on any atom is -0.316 e. The van der Waals surface area contributed by atoms with Gasteiger partial charge in [0.2, 0.25) is 0 Å². The first-order valence-corrected chi connectivity index (χ1v) is 7.11. The molecule has 0 amide bonds. The Hall–Kier alpha value is -1.42. The van der Waals surface area contributed by atoms with Gasteiger partial charge in [0.15, 0.2) is 0 Å². The van der Waals surface area contributed by atoms with Gasteiger partial charge in [-0.1, -0.05) is 31.4 Å². The number of nitrogens with zero attached hydrogens (tertiary/aromatic N) is 1. The van der Waals surface area contributed by atoms with Crippen LogP contribution in [-0.2, 0) is 6.42 Å². The zero-order valence-electron chi connectivity index (χ0n) is 11.5. The first-order valence-electron chi connectivity index (χ1n) is 7.11. The van der Waals surface area contributed by atoms with Gasteiger partial charge in [-0.25, -0.2) is 0 Å². The molecule has 2 rings (SSSR count). The molecule has 1 aliphatic carbocycles. The van der Waals surface area contributed by atoms with Crippen LogP contribution in [0.3, 0.4) is 0 Å². The van der Waals surface area contributed by atoms with Crippen LogP contribution in [-0.4, -0.2) is 18.0 Å². The number of benzene rings is 1. The molecule has 1 aromatic carbocycles. The quantitative estimate of drug-likeness (QED) is 0.654. The van der Waals surface area contributed by atoms with Gasteiger partial charge in [-0.15, -0.1) is 0 Å². The number of nitrogens with one attached hydrogen (secondary N) is 1. The predicted octanol–water partition coefficient (Wildman–Crippen LogP) is 3.31. The number of likely N-dealkylation sites (N-methyl/N-ethyl adjacent to an activating group) is 1. The second-order valence-corrected chi connectivity index (χ2v) is 5.42. The summed E-state index contributed by atoms with van der Waals surface area (Å²) in [4.78, 5) is 10.3. The predicted molar refractivity (Wildman–Crippen MR) is 76.2 cm³/mol. The van der Waals surface area contributed by atoms with Crippen LogP contribution in [0, 0.1) is 16.0 Å². The van der Waals surface area contributed by atoms with Gasteiger partial charge in [-0.3, -0.25) is 10.1 Å². The number of nitro groups is 1. The monoisotopic (exact) mass is 262 g/mol. The molecule has 0 radical (unpaired) electrons. The average Bonchev–Trinajstić information content (AvgIpc) is 2.46. The molecule has 104 valence electrons. The van der Waals surface area contributed by atoms with Gasteiger partial charge in [0.05, 0.1) is 4.92 Å². The molecular formula is C15H22N2O2. The highest BCUT2D eigenvalue weighted by molar-refractivity contribution is 5.33. The van der Waals surface area contributed by atoms with E-state index < -0.39 is 0 Å². The van der Waals surface area contributed by atoms with E-state index in [4.69, 9.17) is 0 Å². The van der Waals surface area contributed by atoms with E-state index in [1.165, 1.54) is 37.7 Å². The van der Waals surface area contributed by atoms with E-state index in [9.17, 15) is 10.1 Å².